The monoisotopic (exact) mass is 322 g/mol. The van der Waals surface area contributed by atoms with Crippen molar-refractivity contribution in [1.29, 1.82) is 0 Å². The molecule has 6 heteroatoms. The van der Waals surface area contributed by atoms with Gasteiger partial charge in [0.05, 0.1) is 22.1 Å². The molecule has 5 nitrogen and oxygen atoms in total. The Hall–Kier alpha value is -1.69. The molecule has 2 heterocycles. The van der Waals surface area contributed by atoms with Crippen LogP contribution < -0.4 is 0 Å². The molecule has 2 aromatic rings. The molecular formula is C13H15BrN4O. The quantitative estimate of drug-likeness (QED) is 0.642. The minimum atomic E-state index is -0.0705. The van der Waals surface area contributed by atoms with Crippen molar-refractivity contribution in [2.45, 2.75) is 20.4 Å². The minimum Gasteiger partial charge on any atom is -0.288 e. The molecule has 2 aromatic heterocycles. The zero-order valence-corrected chi connectivity index (χ0v) is 12.7. The van der Waals surface area contributed by atoms with Crippen molar-refractivity contribution in [3.8, 4) is 0 Å². The third-order valence-electron chi connectivity index (χ3n) is 2.78. The van der Waals surface area contributed by atoms with Gasteiger partial charge in [-0.15, -0.1) is 0 Å². The number of rotatable bonds is 4. The maximum Gasteiger partial charge on any atom is 0.203 e. The summed E-state index contributed by atoms with van der Waals surface area (Å²) in [5, 5.41) is 8.36. The van der Waals surface area contributed by atoms with Crippen molar-refractivity contribution < 1.29 is 4.79 Å². The van der Waals surface area contributed by atoms with Crippen LogP contribution in [-0.2, 0) is 13.6 Å². The average Bonchev–Trinajstić information content (AvgIpc) is 2.89. The summed E-state index contributed by atoms with van der Waals surface area (Å²) in [4.78, 5) is 12.1. The Balaban J connectivity index is 2.25. The van der Waals surface area contributed by atoms with Crippen molar-refractivity contribution in [3.63, 3.8) is 0 Å². The zero-order chi connectivity index (χ0) is 14.0. The number of halogens is 1. The van der Waals surface area contributed by atoms with E-state index in [9.17, 15) is 4.79 Å². The van der Waals surface area contributed by atoms with Crippen LogP contribution in [0, 0.1) is 6.92 Å². The highest BCUT2D eigenvalue weighted by Gasteiger charge is 2.10. The van der Waals surface area contributed by atoms with E-state index in [1.807, 2.05) is 18.5 Å². The molecule has 0 aliphatic rings. The van der Waals surface area contributed by atoms with E-state index >= 15 is 0 Å². The molecule has 0 aromatic carbocycles. The fraction of sp³-hybridized carbons (Fsp3) is 0.308. The van der Waals surface area contributed by atoms with E-state index in [4.69, 9.17) is 0 Å². The normalized spacial score (nSPS) is 11.4. The van der Waals surface area contributed by atoms with Crippen molar-refractivity contribution in [1.82, 2.24) is 19.6 Å². The number of aryl methyl sites for hydroxylation is 3. The molecule has 0 radical (unpaired) electrons. The third-order valence-corrected chi connectivity index (χ3v) is 3.39. The molecule has 0 saturated heterocycles. The molecule has 0 aliphatic heterocycles. The molecule has 0 bridgehead atoms. The van der Waals surface area contributed by atoms with Crippen LogP contribution in [0.25, 0.3) is 6.08 Å². The van der Waals surface area contributed by atoms with Crippen LogP contribution >= 0.6 is 15.9 Å². The second-order valence-electron chi connectivity index (χ2n) is 4.19. The van der Waals surface area contributed by atoms with Crippen LogP contribution in [0.4, 0.5) is 0 Å². The van der Waals surface area contributed by atoms with Gasteiger partial charge in [-0.2, -0.15) is 10.2 Å². The molecule has 2 rings (SSSR count). The lowest BCUT2D eigenvalue weighted by Crippen LogP contribution is -2.04. The number of aromatic nitrogens is 4. The van der Waals surface area contributed by atoms with Crippen LogP contribution in [0.3, 0.4) is 0 Å². The number of hydrogen-bond donors (Lipinski definition) is 0. The van der Waals surface area contributed by atoms with Crippen molar-refractivity contribution in [2.75, 3.05) is 0 Å². The second-order valence-corrected chi connectivity index (χ2v) is 5.04. The van der Waals surface area contributed by atoms with Gasteiger partial charge in [-0.05, 0) is 48.0 Å². The van der Waals surface area contributed by atoms with Crippen LogP contribution in [0.5, 0.6) is 0 Å². The van der Waals surface area contributed by atoms with Gasteiger partial charge < -0.3 is 0 Å². The molecule has 0 fully saturated rings. The van der Waals surface area contributed by atoms with E-state index in [0.29, 0.717) is 5.69 Å². The third kappa shape index (κ3) is 2.84. The summed E-state index contributed by atoms with van der Waals surface area (Å²) in [7, 11) is 1.76. The Labute approximate surface area is 120 Å². The molecule has 0 atom stereocenters. The van der Waals surface area contributed by atoms with Crippen LogP contribution in [0.15, 0.2) is 22.8 Å². The van der Waals surface area contributed by atoms with Gasteiger partial charge in [0.15, 0.2) is 0 Å². The molecule has 0 spiro atoms. The van der Waals surface area contributed by atoms with Gasteiger partial charge >= 0.3 is 0 Å². The summed E-state index contributed by atoms with van der Waals surface area (Å²) in [6.07, 6.45) is 5.04. The SMILES string of the molecule is CCn1ncc(Br)c1/C=C/C(=O)c1cc(C)nn1C. The molecule has 19 heavy (non-hydrogen) atoms. The summed E-state index contributed by atoms with van der Waals surface area (Å²) >= 11 is 3.42. The highest BCUT2D eigenvalue weighted by molar-refractivity contribution is 9.10. The van der Waals surface area contributed by atoms with Crippen LogP contribution in [-0.4, -0.2) is 25.3 Å². The molecular weight excluding hydrogens is 308 g/mol. The van der Waals surface area contributed by atoms with Crippen molar-refractivity contribution >= 4 is 27.8 Å². The fourth-order valence-electron chi connectivity index (χ4n) is 1.87. The Morgan fingerprint density at radius 2 is 2.26 bits per heavy atom. The molecule has 0 N–H and O–H groups in total. The average molecular weight is 323 g/mol. The zero-order valence-electron chi connectivity index (χ0n) is 11.1. The maximum atomic E-state index is 12.1. The number of carbonyl (C=O) groups is 1. The van der Waals surface area contributed by atoms with E-state index in [0.717, 1.165) is 22.4 Å². The number of nitrogens with zero attached hydrogens (tertiary/aromatic N) is 4. The summed E-state index contributed by atoms with van der Waals surface area (Å²) in [6, 6.07) is 1.78. The summed E-state index contributed by atoms with van der Waals surface area (Å²) in [5.74, 6) is -0.0705. The molecule has 0 aliphatic carbocycles. The first-order valence-electron chi connectivity index (χ1n) is 5.97. The van der Waals surface area contributed by atoms with Crippen LogP contribution in [0.1, 0.15) is 28.8 Å². The number of carbonyl (C=O) groups excluding carboxylic acids is 1. The van der Waals surface area contributed by atoms with Gasteiger partial charge in [0.1, 0.15) is 5.69 Å². The van der Waals surface area contributed by atoms with E-state index in [1.165, 1.54) is 0 Å². The molecule has 100 valence electrons. The standard InChI is InChI=1S/C13H15BrN4O/c1-4-18-11(10(14)8-15-18)5-6-13(19)12-7-9(2)16-17(12)3/h5-8H,4H2,1-3H3/b6-5+. The summed E-state index contributed by atoms with van der Waals surface area (Å²) < 4.78 is 4.29. The largest absolute Gasteiger partial charge is 0.288 e. The summed E-state index contributed by atoms with van der Waals surface area (Å²) in [6.45, 7) is 4.62. The first-order chi connectivity index (χ1) is 9.02. The van der Waals surface area contributed by atoms with Crippen LogP contribution in [0.2, 0.25) is 0 Å². The van der Waals surface area contributed by atoms with Gasteiger partial charge in [0.2, 0.25) is 5.78 Å². The van der Waals surface area contributed by atoms with E-state index < -0.39 is 0 Å². The smallest absolute Gasteiger partial charge is 0.203 e. The van der Waals surface area contributed by atoms with Crippen molar-refractivity contribution in [2.24, 2.45) is 7.05 Å². The fourth-order valence-corrected chi connectivity index (χ4v) is 2.30. The van der Waals surface area contributed by atoms with E-state index in [1.54, 1.807) is 36.1 Å². The van der Waals surface area contributed by atoms with Crippen molar-refractivity contribution in [3.05, 3.63) is 39.9 Å². The molecule has 0 unspecified atom stereocenters. The second kappa shape index (κ2) is 5.52. The highest BCUT2D eigenvalue weighted by Crippen LogP contribution is 2.18. The lowest BCUT2D eigenvalue weighted by Gasteiger charge is -2.00. The lowest BCUT2D eigenvalue weighted by atomic mass is 10.2. The lowest BCUT2D eigenvalue weighted by molar-refractivity contribution is 0.103. The Morgan fingerprint density at radius 3 is 2.84 bits per heavy atom. The van der Waals surface area contributed by atoms with Gasteiger partial charge in [-0.25, -0.2) is 0 Å². The Morgan fingerprint density at radius 1 is 1.53 bits per heavy atom. The number of hydrogen-bond acceptors (Lipinski definition) is 3. The van der Waals surface area contributed by atoms with E-state index in [2.05, 4.69) is 26.1 Å². The Bertz CT molecular complexity index is 639. The highest BCUT2D eigenvalue weighted by atomic mass is 79.9. The molecule has 0 saturated carbocycles. The maximum absolute atomic E-state index is 12.1. The first-order valence-corrected chi connectivity index (χ1v) is 6.76. The molecule has 0 amide bonds. The Kier molecular flexibility index (Phi) is 3.99. The minimum absolute atomic E-state index is 0.0705. The first kappa shape index (κ1) is 13.7. The number of allylic oxidation sites excluding steroid dienone is 1. The topological polar surface area (TPSA) is 52.7 Å². The van der Waals surface area contributed by atoms with Gasteiger partial charge in [-0.3, -0.25) is 14.2 Å². The van der Waals surface area contributed by atoms with Gasteiger partial charge in [-0.1, -0.05) is 0 Å². The summed E-state index contributed by atoms with van der Waals surface area (Å²) in [5.41, 5.74) is 2.29. The van der Waals surface area contributed by atoms with E-state index in [-0.39, 0.29) is 5.78 Å². The number of ketones is 1. The van der Waals surface area contributed by atoms with Gasteiger partial charge in [0.25, 0.3) is 0 Å². The predicted molar refractivity (Wildman–Crippen MR) is 76.9 cm³/mol. The predicted octanol–water partition coefficient (Wildman–Crippen LogP) is 2.60. The van der Waals surface area contributed by atoms with Gasteiger partial charge in [0, 0.05) is 13.6 Å².